The molecule has 0 bridgehead atoms. The fourth-order valence-corrected chi connectivity index (χ4v) is 9.22. The lowest BCUT2D eigenvalue weighted by Gasteiger charge is -2.27. The summed E-state index contributed by atoms with van der Waals surface area (Å²) in [5.74, 6) is -0.585. The molecule has 3 unspecified atom stereocenters. The minimum Gasteiger partial charge on any atom is -0.456 e. The zero-order chi connectivity index (χ0) is 57.9. The maximum absolute atomic E-state index is 13.6. The molecule has 0 aromatic heterocycles. The molecule has 0 aliphatic rings. The van der Waals surface area contributed by atoms with Gasteiger partial charge in [-0.25, -0.2) is 4.57 Å². The number of esters is 1. The minimum absolute atomic E-state index is 0.0244. The fraction of sp³-hybridized carbons (Fsp3) is 0.681. The van der Waals surface area contributed by atoms with E-state index < -0.39 is 20.0 Å². The van der Waals surface area contributed by atoms with Gasteiger partial charge in [-0.05, 0) is 115 Å². The van der Waals surface area contributed by atoms with Crippen LogP contribution < -0.4 is 5.32 Å². The number of likely N-dealkylation sites (N-methyl/N-ethyl adjacent to an activating group) is 1. The molecule has 3 atom stereocenters. The van der Waals surface area contributed by atoms with Crippen molar-refractivity contribution < 1.29 is 37.3 Å². The van der Waals surface area contributed by atoms with Crippen LogP contribution in [0.5, 0.6) is 0 Å². The zero-order valence-corrected chi connectivity index (χ0v) is 52.5. The number of hydrogen-bond acceptors (Lipinski definition) is 6. The molecule has 0 radical (unpaired) electrons. The largest absolute Gasteiger partial charge is 0.472 e. The van der Waals surface area contributed by atoms with Gasteiger partial charge in [-0.1, -0.05) is 245 Å². The number of quaternary nitrogens is 1. The third kappa shape index (κ3) is 58.9. The smallest absolute Gasteiger partial charge is 0.456 e. The summed E-state index contributed by atoms with van der Waals surface area (Å²) in [7, 11) is 1.45. The van der Waals surface area contributed by atoms with Crippen LogP contribution in [0.15, 0.2) is 122 Å². The van der Waals surface area contributed by atoms with Crippen LogP contribution in [0.2, 0.25) is 0 Å². The standard InChI is InChI=1S/C69H119N2O7P/c1-7-10-13-16-19-22-25-27-29-31-32-33-34-35-36-37-38-40-41-43-46-49-52-55-58-61-68(72)70-66(65-77-79(74,75)76-64-63-71(4,5)6)67(60-57-54-51-48-45-24-21-18-15-12-9-3)78-69(73)62-59-56-53-50-47-44-42-39-30-28-26-23-20-17-14-11-8-2/h10,13,19-20,22-23,27-30,32-33,35-36,42,44,50,53,57,60,66-67H,7-9,11-12,14-18,21,24-26,31,34,37-41,43,45-49,51-52,54-56,58-59,61-65H2,1-6H3,(H-,70,72,74,75)/p+1/b13-10-,22-19-,23-20-,29-27-,30-28-,33-32-,36-35-,44-42-,53-50-,60-57-. The highest BCUT2D eigenvalue weighted by molar-refractivity contribution is 7.47. The lowest BCUT2D eigenvalue weighted by atomic mass is 10.0. The van der Waals surface area contributed by atoms with E-state index in [0.717, 1.165) is 109 Å². The first-order chi connectivity index (χ1) is 38.4. The highest BCUT2D eigenvalue weighted by Gasteiger charge is 2.30. The van der Waals surface area contributed by atoms with E-state index in [1.54, 1.807) is 0 Å². The van der Waals surface area contributed by atoms with Gasteiger partial charge in [0.2, 0.25) is 5.91 Å². The van der Waals surface area contributed by atoms with Crippen molar-refractivity contribution in [3.63, 3.8) is 0 Å². The van der Waals surface area contributed by atoms with E-state index in [2.05, 4.69) is 135 Å². The molecule has 2 N–H and O–H groups in total. The molecule has 0 saturated carbocycles. The predicted octanol–water partition coefficient (Wildman–Crippen LogP) is 19.9. The Balaban J connectivity index is 5.23. The van der Waals surface area contributed by atoms with Crippen molar-refractivity contribution >= 4 is 19.7 Å². The summed E-state index contributed by atoms with van der Waals surface area (Å²) < 4.78 is 30.6. The Morgan fingerprint density at radius 1 is 0.456 bits per heavy atom. The minimum atomic E-state index is -4.47. The molecule has 1 amide bonds. The molecule has 0 aliphatic heterocycles. The Labute approximate surface area is 486 Å². The summed E-state index contributed by atoms with van der Waals surface area (Å²) in [4.78, 5) is 37.7. The van der Waals surface area contributed by atoms with Crippen molar-refractivity contribution in [2.45, 2.75) is 264 Å². The topological polar surface area (TPSA) is 111 Å². The molecular formula is C69H120N2O7P+. The van der Waals surface area contributed by atoms with E-state index in [4.69, 9.17) is 13.8 Å². The molecule has 9 nitrogen and oxygen atoms in total. The summed E-state index contributed by atoms with van der Waals surface area (Å²) >= 11 is 0. The number of allylic oxidation sites excluding steroid dienone is 19. The van der Waals surface area contributed by atoms with Crippen LogP contribution in [0.4, 0.5) is 0 Å². The average Bonchev–Trinajstić information content (AvgIpc) is 3.41. The van der Waals surface area contributed by atoms with Gasteiger partial charge in [0.05, 0.1) is 33.8 Å². The van der Waals surface area contributed by atoms with Gasteiger partial charge in [-0.2, -0.15) is 0 Å². The monoisotopic (exact) mass is 1120 g/mol. The first kappa shape index (κ1) is 75.4. The van der Waals surface area contributed by atoms with Gasteiger partial charge >= 0.3 is 13.8 Å². The van der Waals surface area contributed by atoms with Gasteiger partial charge in [-0.15, -0.1) is 0 Å². The van der Waals surface area contributed by atoms with E-state index in [-0.39, 0.29) is 31.5 Å². The van der Waals surface area contributed by atoms with Gasteiger partial charge in [0, 0.05) is 12.8 Å². The molecule has 0 fully saturated rings. The number of hydrogen-bond donors (Lipinski definition) is 2. The van der Waals surface area contributed by atoms with Crippen LogP contribution in [0.1, 0.15) is 252 Å². The second-order valence-electron chi connectivity index (χ2n) is 22.2. The normalized spacial score (nSPS) is 14.5. The number of nitrogens with zero attached hydrogens (tertiary/aromatic N) is 1. The highest BCUT2D eigenvalue weighted by Crippen LogP contribution is 2.43. The van der Waals surface area contributed by atoms with Gasteiger partial charge in [0.25, 0.3) is 0 Å². The number of carbonyl (C=O) groups is 2. The van der Waals surface area contributed by atoms with Crippen molar-refractivity contribution in [2.24, 2.45) is 0 Å². The number of rotatable bonds is 56. The second-order valence-corrected chi connectivity index (χ2v) is 23.6. The molecule has 0 aliphatic carbocycles. The molecule has 10 heteroatoms. The van der Waals surface area contributed by atoms with E-state index in [1.165, 1.54) is 103 Å². The van der Waals surface area contributed by atoms with Crippen molar-refractivity contribution in [2.75, 3.05) is 40.9 Å². The van der Waals surface area contributed by atoms with Crippen LogP contribution in [-0.2, 0) is 27.9 Å². The van der Waals surface area contributed by atoms with Crippen LogP contribution >= 0.6 is 7.82 Å². The number of ether oxygens (including phenoxy) is 1. The number of unbranched alkanes of at least 4 members (excludes halogenated alkanes) is 22. The van der Waals surface area contributed by atoms with Gasteiger partial charge < -0.3 is 19.4 Å². The lowest BCUT2D eigenvalue weighted by molar-refractivity contribution is -0.870. The Morgan fingerprint density at radius 2 is 0.823 bits per heavy atom. The SMILES string of the molecule is CC/C=C\C/C=C\C/C=C\C/C=C\C/C=C\CCCCCCCCCCCC(=O)NC(COP(=O)(O)OCC[N+](C)(C)C)C(/C=C\CCCCCCCCCCC)OC(=O)CCC/C=C\C/C=C\C/C=C\C/C=C\CCCCC. The average molecular weight is 1120 g/mol. The molecule has 0 aromatic carbocycles. The number of phosphoric acid groups is 1. The number of phosphoric ester groups is 1. The third-order valence-electron chi connectivity index (χ3n) is 13.4. The molecule has 0 saturated heterocycles. The zero-order valence-electron chi connectivity index (χ0n) is 51.6. The van der Waals surface area contributed by atoms with Crippen LogP contribution in [0.3, 0.4) is 0 Å². The number of nitrogens with one attached hydrogen (secondary N) is 1. The van der Waals surface area contributed by atoms with E-state index in [1.807, 2.05) is 33.3 Å². The first-order valence-electron chi connectivity index (χ1n) is 31.9. The Hall–Kier alpha value is -3.59. The van der Waals surface area contributed by atoms with Crippen molar-refractivity contribution in [1.82, 2.24) is 5.32 Å². The maximum atomic E-state index is 13.6. The lowest BCUT2D eigenvalue weighted by Crippen LogP contribution is -2.47. The number of carbonyl (C=O) groups excluding carboxylic acids is 2. The van der Waals surface area contributed by atoms with Crippen LogP contribution in [0, 0.1) is 0 Å². The van der Waals surface area contributed by atoms with Crippen LogP contribution in [0.25, 0.3) is 0 Å². The van der Waals surface area contributed by atoms with Crippen molar-refractivity contribution in [1.29, 1.82) is 0 Å². The fourth-order valence-electron chi connectivity index (χ4n) is 8.49. The summed E-state index contributed by atoms with van der Waals surface area (Å²) in [6, 6.07) is -0.882. The maximum Gasteiger partial charge on any atom is 0.472 e. The van der Waals surface area contributed by atoms with Gasteiger partial charge in [0.15, 0.2) is 0 Å². The summed E-state index contributed by atoms with van der Waals surface area (Å²) in [5, 5.41) is 3.04. The first-order valence-corrected chi connectivity index (χ1v) is 33.4. The van der Waals surface area contributed by atoms with E-state index in [9.17, 15) is 19.0 Å². The second kappa shape index (κ2) is 57.6. The highest BCUT2D eigenvalue weighted by atomic mass is 31.2. The molecular weight excluding hydrogens is 1000 g/mol. The van der Waals surface area contributed by atoms with Gasteiger partial charge in [-0.3, -0.25) is 18.6 Å². The quantitative estimate of drug-likeness (QED) is 0.0205. The third-order valence-corrected chi connectivity index (χ3v) is 14.4. The Bertz CT molecular complexity index is 1770. The molecule has 0 aromatic rings. The van der Waals surface area contributed by atoms with E-state index >= 15 is 0 Å². The Kier molecular flexibility index (Phi) is 55.0. The van der Waals surface area contributed by atoms with Gasteiger partial charge in [0.1, 0.15) is 19.3 Å². The Morgan fingerprint density at radius 3 is 1.27 bits per heavy atom. The number of amides is 1. The molecule has 0 spiro atoms. The molecule has 0 heterocycles. The molecule has 0 rings (SSSR count). The summed E-state index contributed by atoms with van der Waals surface area (Å²) in [6.07, 6.45) is 80.6. The summed E-state index contributed by atoms with van der Waals surface area (Å²) in [5.41, 5.74) is 0. The molecule has 79 heavy (non-hydrogen) atoms. The van der Waals surface area contributed by atoms with E-state index in [0.29, 0.717) is 23.9 Å². The molecule has 452 valence electrons. The predicted molar refractivity (Wildman–Crippen MR) is 341 cm³/mol. The summed E-state index contributed by atoms with van der Waals surface area (Å²) in [6.45, 7) is 6.81. The van der Waals surface area contributed by atoms with Crippen molar-refractivity contribution in [3.05, 3.63) is 122 Å². The van der Waals surface area contributed by atoms with Crippen LogP contribution in [-0.4, -0.2) is 74.3 Å². The van der Waals surface area contributed by atoms with Crippen molar-refractivity contribution in [3.8, 4) is 0 Å².